The first kappa shape index (κ1) is 19.5. The molecule has 2 heterocycles. The Kier molecular flexibility index (Phi) is 4.82. The highest BCUT2D eigenvalue weighted by molar-refractivity contribution is 9.10. The molecule has 0 fully saturated rings. The molecule has 7 heteroatoms. The molecule has 1 unspecified atom stereocenters. The highest BCUT2D eigenvalue weighted by Crippen LogP contribution is 2.35. The average Bonchev–Trinajstić information content (AvgIpc) is 3.13. The van der Waals surface area contributed by atoms with Gasteiger partial charge in [0.05, 0.1) is 5.52 Å². The number of hydrogen-bond donors (Lipinski definition) is 3. The van der Waals surface area contributed by atoms with Crippen LogP contribution in [0.15, 0.2) is 76.5 Å². The van der Waals surface area contributed by atoms with Crippen molar-refractivity contribution in [2.24, 2.45) is 0 Å². The second kappa shape index (κ2) is 7.67. The van der Waals surface area contributed by atoms with Gasteiger partial charge in [0.1, 0.15) is 4.60 Å². The lowest BCUT2D eigenvalue weighted by Gasteiger charge is -2.27. The zero-order valence-electron chi connectivity index (χ0n) is 16.7. The molecule has 3 aromatic carbocycles. The van der Waals surface area contributed by atoms with Gasteiger partial charge in [-0.25, -0.2) is 0 Å². The SMILES string of the molecule is CC1=C(C(=O)Nc2ccc3n[nH]c(Br)c3c2)C(c2ccc3ccccc3c2)CC(=O)N1. The van der Waals surface area contributed by atoms with Crippen LogP contribution in [0.25, 0.3) is 21.7 Å². The number of halogens is 1. The van der Waals surface area contributed by atoms with Gasteiger partial charge in [0.2, 0.25) is 5.91 Å². The molecule has 0 bridgehead atoms. The molecule has 1 aliphatic rings. The van der Waals surface area contributed by atoms with Crippen LogP contribution in [0, 0.1) is 0 Å². The van der Waals surface area contributed by atoms with Crippen molar-refractivity contribution < 1.29 is 9.59 Å². The molecule has 1 aromatic heterocycles. The van der Waals surface area contributed by atoms with Crippen LogP contribution in [0.5, 0.6) is 0 Å². The number of nitrogens with one attached hydrogen (secondary N) is 3. The third kappa shape index (κ3) is 3.61. The third-order valence-corrected chi connectivity index (χ3v) is 6.26. The van der Waals surface area contributed by atoms with Crippen LogP contribution in [-0.4, -0.2) is 22.0 Å². The van der Waals surface area contributed by atoms with Crippen molar-refractivity contribution in [3.8, 4) is 0 Å². The number of rotatable bonds is 3. The summed E-state index contributed by atoms with van der Waals surface area (Å²) >= 11 is 3.43. The van der Waals surface area contributed by atoms with Gasteiger partial charge in [-0.1, -0.05) is 42.5 Å². The van der Waals surface area contributed by atoms with Crippen molar-refractivity contribution in [3.05, 3.63) is 82.1 Å². The van der Waals surface area contributed by atoms with Crippen LogP contribution >= 0.6 is 15.9 Å². The molecule has 31 heavy (non-hydrogen) atoms. The van der Waals surface area contributed by atoms with E-state index in [2.05, 4.69) is 42.8 Å². The second-order valence-corrected chi connectivity index (χ2v) is 8.47. The third-order valence-electron chi connectivity index (χ3n) is 5.65. The summed E-state index contributed by atoms with van der Waals surface area (Å²) in [5.41, 5.74) is 3.57. The van der Waals surface area contributed by atoms with Crippen LogP contribution in [0.4, 0.5) is 5.69 Å². The van der Waals surface area contributed by atoms with Gasteiger partial charge < -0.3 is 10.6 Å². The topological polar surface area (TPSA) is 86.9 Å². The number of aromatic amines is 1. The number of hydrogen-bond acceptors (Lipinski definition) is 3. The maximum absolute atomic E-state index is 13.3. The molecule has 1 aliphatic heterocycles. The van der Waals surface area contributed by atoms with Gasteiger partial charge >= 0.3 is 0 Å². The molecule has 4 aromatic rings. The minimum absolute atomic E-state index is 0.0871. The molecule has 1 atom stereocenters. The number of allylic oxidation sites excluding steroid dienone is 1. The Bertz CT molecular complexity index is 1390. The van der Waals surface area contributed by atoms with E-state index in [-0.39, 0.29) is 24.2 Å². The molecule has 0 aliphatic carbocycles. The van der Waals surface area contributed by atoms with E-state index in [1.807, 2.05) is 54.6 Å². The van der Waals surface area contributed by atoms with E-state index in [0.717, 1.165) is 31.8 Å². The van der Waals surface area contributed by atoms with Crippen molar-refractivity contribution in [2.45, 2.75) is 19.3 Å². The maximum atomic E-state index is 13.3. The fourth-order valence-electron chi connectivity index (χ4n) is 4.17. The Morgan fingerprint density at radius 2 is 1.90 bits per heavy atom. The summed E-state index contributed by atoms with van der Waals surface area (Å²) in [7, 11) is 0. The predicted octanol–water partition coefficient (Wildman–Crippen LogP) is 4.99. The number of anilines is 1. The largest absolute Gasteiger partial charge is 0.330 e. The van der Waals surface area contributed by atoms with Gasteiger partial charge in [0, 0.05) is 34.7 Å². The molecule has 0 saturated carbocycles. The van der Waals surface area contributed by atoms with E-state index in [0.29, 0.717) is 17.0 Å². The van der Waals surface area contributed by atoms with E-state index in [4.69, 9.17) is 0 Å². The Morgan fingerprint density at radius 3 is 2.74 bits per heavy atom. The molecule has 6 nitrogen and oxygen atoms in total. The number of amides is 2. The standard InChI is InChI=1S/C24H19BrN4O2/c1-13-22(24(31)27-17-8-9-20-19(11-17)23(25)29-28-20)18(12-21(30)26-13)16-7-6-14-4-2-3-5-15(14)10-16/h2-11,18H,12H2,1H3,(H,26,30)(H,27,31)(H,28,29). The van der Waals surface area contributed by atoms with Gasteiger partial charge in [-0.15, -0.1) is 0 Å². The quantitative estimate of drug-likeness (QED) is 0.390. The second-order valence-electron chi connectivity index (χ2n) is 7.67. The predicted molar refractivity (Wildman–Crippen MR) is 125 cm³/mol. The van der Waals surface area contributed by atoms with Crippen LogP contribution in [-0.2, 0) is 9.59 Å². The van der Waals surface area contributed by atoms with E-state index < -0.39 is 0 Å². The van der Waals surface area contributed by atoms with Crippen molar-refractivity contribution in [1.82, 2.24) is 15.5 Å². The first-order chi connectivity index (χ1) is 15.0. The fourth-order valence-corrected chi connectivity index (χ4v) is 4.58. The number of carbonyl (C=O) groups is 2. The van der Waals surface area contributed by atoms with Gasteiger partial charge in [-0.05, 0) is 57.4 Å². The number of nitrogens with zero attached hydrogens (tertiary/aromatic N) is 1. The van der Waals surface area contributed by atoms with Crippen molar-refractivity contribution in [3.63, 3.8) is 0 Å². The summed E-state index contributed by atoms with van der Waals surface area (Å²) < 4.78 is 0.757. The van der Waals surface area contributed by atoms with E-state index in [9.17, 15) is 9.59 Å². The summed E-state index contributed by atoms with van der Waals surface area (Å²) in [4.78, 5) is 25.6. The number of H-pyrrole nitrogens is 1. The van der Waals surface area contributed by atoms with Crippen LogP contribution in [0.3, 0.4) is 0 Å². The molecule has 0 saturated heterocycles. The summed E-state index contributed by atoms with van der Waals surface area (Å²) in [5, 5.41) is 16.0. The Morgan fingerprint density at radius 1 is 1.10 bits per heavy atom. The molecule has 5 rings (SSSR count). The summed E-state index contributed by atoms with van der Waals surface area (Å²) in [6.45, 7) is 1.77. The van der Waals surface area contributed by atoms with Crippen LogP contribution in [0.2, 0.25) is 0 Å². The molecule has 2 amide bonds. The molecule has 0 radical (unpaired) electrons. The van der Waals surface area contributed by atoms with E-state index in [1.54, 1.807) is 6.92 Å². The molecule has 0 spiro atoms. The monoisotopic (exact) mass is 474 g/mol. The zero-order chi connectivity index (χ0) is 21.5. The summed E-state index contributed by atoms with van der Waals surface area (Å²) in [6, 6.07) is 19.7. The Labute approximate surface area is 186 Å². The number of carbonyl (C=O) groups excluding carboxylic acids is 2. The average molecular weight is 475 g/mol. The highest BCUT2D eigenvalue weighted by Gasteiger charge is 2.32. The minimum atomic E-state index is -0.317. The van der Waals surface area contributed by atoms with Gasteiger partial charge in [-0.3, -0.25) is 14.7 Å². The normalized spacial score (nSPS) is 16.6. The smallest absolute Gasteiger partial charge is 0.253 e. The van der Waals surface area contributed by atoms with E-state index in [1.165, 1.54) is 0 Å². The summed E-state index contributed by atoms with van der Waals surface area (Å²) in [6.07, 6.45) is 0.227. The summed E-state index contributed by atoms with van der Waals surface area (Å²) in [5.74, 6) is -0.631. The molecular formula is C24H19BrN4O2. The maximum Gasteiger partial charge on any atom is 0.253 e. The molecule has 3 N–H and O–H groups in total. The Hall–Kier alpha value is -3.45. The Balaban J connectivity index is 1.51. The lowest BCUT2D eigenvalue weighted by Crippen LogP contribution is -2.35. The lowest BCUT2D eigenvalue weighted by atomic mass is 9.83. The van der Waals surface area contributed by atoms with Gasteiger partial charge in [-0.2, -0.15) is 5.10 Å². The number of aromatic nitrogens is 2. The molecule has 154 valence electrons. The zero-order valence-corrected chi connectivity index (χ0v) is 18.3. The number of fused-ring (bicyclic) bond motifs is 2. The van der Waals surface area contributed by atoms with Gasteiger partial charge in [0.15, 0.2) is 0 Å². The molecular weight excluding hydrogens is 456 g/mol. The minimum Gasteiger partial charge on any atom is -0.330 e. The van der Waals surface area contributed by atoms with E-state index >= 15 is 0 Å². The van der Waals surface area contributed by atoms with Crippen molar-refractivity contribution in [1.29, 1.82) is 0 Å². The highest BCUT2D eigenvalue weighted by atomic mass is 79.9. The van der Waals surface area contributed by atoms with Gasteiger partial charge in [0.25, 0.3) is 5.91 Å². The van der Waals surface area contributed by atoms with Crippen molar-refractivity contribution in [2.75, 3.05) is 5.32 Å². The first-order valence-electron chi connectivity index (χ1n) is 9.94. The fraction of sp³-hybridized carbons (Fsp3) is 0.125. The van der Waals surface area contributed by atoms with Crippen LogP contribution < -0.4 is 10.6 Å². The van der Waals surface area contributed by atoms with Crippen LogP contribution in [0.1, 0.15) is 24.8 Å². The van der Waals surface area contributed by atoms with Crippen molar-refractivity contribution >= 4 is 55.1 Å². The lowest BCUT2D eigenvalue weighted by molar-refractivity contribution is -0.121. The first-order valence-corrected chi connectivity index (χ1v) is 10.7. The number of benzene rings is 3.